The van der Waals surface area contributed by atoms with Crippen LogP contribution in [0.4, 0.5) is 13.2 Å². The van der Waals surface area contributed by atoms with Crippen molar-refractivity contribution in [2.45, 2.75) is 12.8 Å². The van der Waals surface area contributed by atoms with Gasteiger partial charge in [-0.2, -0.15) is 0 Å². The number of benzene rings is 2. The number of hydrogen-bond acceptors (Lipinski definition) is 3. The van der Waals surface area contributed by atoms with Crippen LogP contribution in [0.15, 0.2) is 48.0 Å². The molecule has 23 heavy (non-hydrogen) atoms. The normalized spacial score (nSPS) is 15.8. The van der Waals surface area contributed by atoms with Crippen molar-refractivity contribution in [3.63, 3.8) is 0 Å². The maximum absolute atomic E-state index is 12.4. The second kappa shape index (κ2) is 5.46. The third-order valence-corrected chi connectivity index (χ3v) is 3.53. The number of aromatic hydroxyl groups is 1. The minimum atomic E-state index is -4.81. The topological polar surface area (TPSA) is 46.5 Å². The van der Waals surface area contributed by atoms with Gasteiger partial charge in [0.25, 0.3) is 0 Å². The number of fused-ring (bicyclic) bond motifs is 1. The summed E-state index contributed by atoms with van der Waals surface area (Å²) in [7, 11) is 0. The van der Waals surface area contributed by atoms with Gasteiger partial charge in [0.2, 0.25) is 0 Å². The molecule has 0 aromatic heterocycles. The number of carbonyl (C=O) groups excluding carboxylic acids is 1. The molecule has 0 fully saturated rings. The number of allylic oxidation sites excluding steroid dienone is 1. The second-order valence-electron chi connectivity index (χ2n) is 5.06. The Morgan fingerprint density at radius 3 is 2.52 bits per heavy atom. The van der Waals surface area contributed by atoms with E-state index < -0.39 is 6.36 Å². The Kier molecular flexibility index (Phi) is 3.60. The maximum Gasteiger partial charge on any atom is 0.573 e. The molecule has 0 amide bonds. The number of Topliss-reactive ketones (excluding diaryl/α,β-unsaturated/α-hetero) is 1. The maximum atomic E-state index is 12.4. The molecule has 0 saturated heterocycles. The lowest BCUT2D eigenvalue weighted by molar-refractivity contribution is -0.274. The molecule has 1 N–H and O–H groups in total. The molecule has 1 aliphatic carbocycles. The van der Waals surface area contributed by atoms with Gasteiger partial charge in [0, 0.05) is 28.7 Å². The molecule has 118 valence electrons. The predicted molar refractivity (Wildman–Crippen MR) is 77.2 cm³/mol. The van der Waals surface area contributed by atoms with Crippen molar-refractivity contribution < 1.29 is 27.8 Å². The van der Waals surface area contributed by atoms with Gasteiger partial charge in [-0.15, -0.1) is 13.2 Å². The molecule has 0 atom stereocenters. The zero-order chi connectivity index (χ0) is 16.6. The van der Waals surface area contributed by atoms with E-state index in [4.69, 9.17) is 0 Å². The number of ketones is 1. The van der Waals surface area contributed by atoms with Crippen LogP contribution in [0.3, 0.4) is 0 Å². The van der Waals surface area contributed by atoms with Crippen LogP contribution in [0.2, 0.25) is 0 Å². The lowest BCUT2D eigenvalue weighted by Gasteiger charge is -2.11. The highest BCUT2D eigenvalue weighted by atomic mass is 19.4. The smallest absolute Gasteiger partial charge is 0.508 e. The molecule has 2 aromatic rings. The lowest BCUT2D eigenvalue weighted by atomic mass is 10.1. The second-order valence-corrected chi connectivity index (χ2v) is 5.06. The Bertz CT molecular complexity index is 807. The van der Waals surface area contributed by atoms with Crippen LogP contribution in [0, 0.1) is 0 Å². The van der Waals surface area contributed by atoms with E-state index in [0.717, 1.165) is 0 Å². The van der Waals surface area contributed by atoms with Crippen LogP contribution in [-0.4, -0.2) is 17.3 Å². The Labute approximate surface area is 129 Å². The Hall–Kier alpha value is -2.76. The van der Waals surface area contributed by atoms with Gasteiger partial charge in [-0.05, 0) is 18.2 Å². The number of para-hydroxylation sites is 1. The fourth-order valence-corrected chi connectivity index (χ4v) is 2.54. The summed E-state index contributed by atoms with van der Waals surface area (Å²) in [5.41, 5.74) is 1.31. The highest BCUT2D eigenvalue weighted by molar-refractivity contribution is 6.16. The third kappa shape index (κ3) is 3.06. The SMILES string of the molecule is O=C1/C(=C/c2ccccc2OC(F)(F)F)Cc2c(O)cccc21. The zero-order valence-electron chi connectivity index (χ0n) is 11.7. The quantitative estimate of drug-likeness (QED) is 0.847. The van der Waals surface area contributed by atoms with Crippen molar-refractivity contribution in [1.82, 2.24) is 0 Å². The summed E-state index contributed by atoms with van der Waals surface area (Å²) >= 11 is 0. The molecule has 0 aliphatic heterocycles. The first-order valence-electron chi connectivity index (χ1n) is 6.76. The number of rotatable bonds is 2. The first-order chi connectivity index (χ1) is 10.8. The number of carbonyl (C=O) groups is 1. The molecule has 0 unspecified atom stereocenters. The number of alkyl halides is 3. The van der Waals surface area contributed by atoms with E-state index in [1.165, 1.54) is 30.3 Å². The van der Waals surface area contributed by atoms with Gasteiger partial charge in [-0.25, -0.2) is 0 Å². The van der Waals surface area contributed by atoms with Gasteiger partial charge >= 0.3 is 6.36 Å². The summed E-state index contributed by atoms with van der Waals surface area (Å²) in [5.74, 6) is -0.683. The highest BCUT2D eigenvalue weighted by Crippen LogP contribution is 2.35. The van der Waals surface area contributed by atoms with Crippen molar-refractivity contribution >= 4 is 11.9 Å². The number of phenols is 1. The number of phenolic OH excluding ortho intramolecular Hbond substituents is 1. The summed E-state index contributed by atoms with van der Waals surface area (Å²) in [6.07, 6.45) is -3.28. The summed E-state index contributed by atoms with van der Waals surface area (Å²) < 4.78 is 41.3. The van der Waals surface area contributed by atoms with Gasteiger partial charge < -0.3 is 9.84 Å². The van der Waals surface area contributed by atoms with E-state index in [1.807, 2.05) is 0 Å². The minimum absolute atomic E-state index is 0.000855. The lowest BCUT2D eigenvalue weighted by Crippen LogP contribution is -2.17. The minimum Gasteiger partial charge on any atom is -0.508 e. The summed E-state index contributed by atoms with van der Waals surface area (Å²) in [5, 5.41) is 9.79. The van der Waals surface area contributed by atoms with Crippen molar-refractivity contribution in [1.29, 1.82) is 0 Å². The van der Waals surface area contributed by atoms with Gasteiger partial charge in [0.15, 0.2) is 5.78 Å². The van der Waals surface area contributed by atoms with Crippen molar-refractivity contribution in [3.8, 4) is 11.5 Å². The van der Waals surface area contributed by atoms with Crippen LogP contribution in [-0.2, 0) is 6.42 Å². The molecule has 3 nitrogen and oxygen atoms in total. The Balaban J connectivity index is 1.99. The first kappa shape index (κ1) is 15.1. The Morgan fingerprint density at radius 2 is 1.83 bits per heavy atom. The molecule has 0 radical (unpaired) electrons. The largest absolute Gasteiger partial charge is 0.573 e. The van der Waals surface area contributed by atoms with Gasteiger partial charge in [0.05, 0.1) is 0 Å². The van der Waals surface area contributed by atoms with Crippen molar-refractivity contribution in [2.24, 2.45) is 0 Å². The van der Waals surface area contributed by atoms with Gasteiger partial charge in [-0.3, -0.25) is 4.79 Å². The predicted octanol–water partition coefficient (Wildman–Crippen LogP) is 4.11. The van der Waals surface area contributed by atoms with E-state index in [-0.39, 0.29) is 29.3 Å². The standard InChI is InChI=1S/C17H11F3O3/c18-17(19,20)23-15-7-2-1-4-10(15)8-11-9-13-12(16(11)22)5-3-6-14(13)21/h1-8,21H,9H2/b11-8+. The molecular weight excluding hydrogens is 309 g/mol. The number of ether oxygens (including phenoxy) is 1. The first-order valence-corrected chi connectivity index (χ1v) is 6.76. The molecule has 0 saturated carbocycles. The molecule has 6 heteroatoms. The summed E-state index contributed by atoms with van der Waals surface area (Å²) in [6.45, 7) is 0. The molecule has 1 aliphatic rings. The summed E-state index contributed by atoms with van der Waals surface area (Å²) in [4.78, 5) is 12.3. The molecular formula is C17H11F3O3. The van der Waals surface area contributed by atoms with Gasteiger partial charge in [-0.1, -0.05) is 30.3 Å². The van der Waals surface area contributed by atoms with Crippen molar-refractivity contribution in [3.05, 3.63) is 64.7 Å². The van der Waals surface area contributed by atoms with Crippen LogP contribution in [0.25, 0.3) is 6.08 Å². The average molecular weight is 320 g/mol. The van der Waals surface area contributed by atoms with E-state index in [2.05, 4.69) is 4.74 Å². The van der Waals surface area contributed by atoms with E-state index in [0.29, 0.717) is 16.7 Å². The molecule has 0 spiro atoms. The van der Waals surface area contributed by atoms with Gasteiger partial charge in [0.1, 0.15) is 11.5 Å². The molecule has 0 bridgehead atoms. The average Bonchev–Trinajstić information content (AvgIpc) is 2.78. The highest BCUT2D eigenvalue weighted by Gasteiger charge is 2.32. The number of halogens is 3. The molecule has 2 aromatic carbocycles. The fraction of sp³-hybridized carbons (Fsp3) is 0.118. The third-order valence-electron chi connectivity index (χ3n) is 3.53. The van der Waals surface area contributed by atoms with Crippen LogP contribution in [0.5, 0.6) is 11.5 Å². The molecule has 0 heterocycles. The number of hydrogen-bond donors (Lipinski definition) is 1. The van der Waals surface area contributed by atoms with Crippen molar-refractivity contribution in [2.75, 3.05) is 0 Å². The Morgan fingerprint density at radius 1 is 1.09 bits per heavy atom. The van der Waals surface area contributed by atoms with E-state index in [9.17, 15) is 23.1 Å². The monoisotopic (exact) mass is 320 g/mol. The van der Waals surface area contributed by atoms with Crippen LogP contribution >= 0.6 is 0 Å². The van der Waals surface area contributed by atoms with Crippen LogP contribution in [0.1, 0.15) is 21.5 Å². The summed E-state index contributed by atoms with van der Waals surface area (Å²) in [6, 6.07) is 10.2. The van der Waals surface area contributed by atoms with Crippen LogP contribution < -0.4 is 4.74 Å². The van der Waals surface area contributed by atoms with E-state index in [1.54, 1.807) is 18.2 Å². The fourth-order valence-electron chi connectivity index (χ4n) is 2.54. The van der Waals surface area contributed by atoms with E-state index >= 15 is 0 Å². The molecule has 3 rings (SSSR count). The zero-order valence-corrected chi connectivity index (χ0v) is 11.7.